The van der Waals surface area contributed by atoms with Crippen molar-refractivity contribution in [1.29, 1.82) is 0 Å². The van der Waals surface area contributed by atoms with Crippen molar-refractivity contribution in [2.45, 2.75) is 96.8 Å². The molecule has 3 heteroatoms. The van der Waals surface area contributed by atoms with Gasteiger partial charge in [-0.2, -0.15) is 0 Å². The minimum Gasteiger partial charge on any atom is -0.412 e. The molecule has 0 aliphatic rings. The van der Waals surface area contributed by atoms with Crippen molar-refractivity contribution in [2.75, 3.05) is 5.88 Å². The smallest absolute Gasteiger partial charge is 0.0223 e. The van der Waals surface area contributed by atoms with Gasteiger partial charge in [-0.25, -0.2) is 0 Å². The van der Waals surface area contributed by atoms with Crippen LogP contribution in [0.15, 0.2) is 0 Å². The molecule has 0 unspecified atom stereocenters. The van der Waals surface area contributed by atoms with Gasteiger partial charge in [-0.3, -0.25) is 0 Å². The van der Waals surface area contributed by atoms with Crippen LogP contribution in [0.3, 0.4) is 0 Å². The van der Waals surface area contributed by atoms with Crippen LogP contribution in [0.4, 0.5) is 0 Å². The van der Waals surface area contributed by atoms with Gasteiger partial charge < -0.3 is 11.6 Å². The van der Waals surface area contributed by atoms with E-state index < -0.39 is 0 Å². The zero-order chi connectivity index (χ0) is 12.6. The fourth-order valence-electron chi connectivity index (χ4n) is 2.29. The maximum Gasteiger partial charge on any atom is 0.0223 e. The Labute approximate surface area is 126 Å². The molecule has 0 bridgehead atoms. The van der Waals surface area contributed by atoms with Crippen LogP contribution in [0.1, 0.15) is 96.8 Å². The van der Waals surface area contributed by atoms with Crippen LogP contribution >= 0.6 is 11.6 Å². The number of halogens is 1. The standard InChI is InChI=1S/C16H33Cl.H3N.H2O/c1-2-3-4-5-6-7-8-9-10-11-12-13-14-15-16-17;;/h2-16H2,1H3;1H3;1H2. The van der Waals surface area contributed by atoms with E-state index in [4.69, 9.17) is 11.6 Å². The van der Waals surface area contributed by atoms with Gasteiger partial charge in [0.1, 0.15) is 0 Å². The highest BCUT2D eigenvalue weighted by Gasteiger charge is 1.93. The lowest BCUT2D eigenvalue weighted by molar-refractivity contribution is 0.538. The van der Waals surface area contributed by atoms with Gasteiger partial charge in [-0.1, -0.05) is 90.4 Å². The summed E-state index contributed by atoms with van der Waals surface area (Å²) in [5.41, 5.74) is 0. The SMILES string of the molecule is CCCCCCCCCCCCCCCCCl.N.O. The monoisotopic (exact) mass is 295 g/mol. The highest BCUT2D eigenvalue weighted by molar-refractivity contribution is 6.17. The Morgan fingerprint density at radius 3 is 1.05 bits per heavy atom. The maximum atomic E-state index is 5.64. The fourth-order valence-corrected chi connectivity index (χ4v) is 2.48. The minimum absolute atomic E-state index is 0. The molecule has 19 heavy (non-hydrogen) atoms. The second-order valence-corrected chi connectivity index (χ2v) is 5.66. The zero-order valence-electron chi connectivity index (χ0n) is 13.2. The Morgan fingerprint density at radius 2 is 0.789 bits per heavy atom. The number of hydrogen-bond donors (Lipinski definition) is 1. The van der Waals surface area contributed by atoms with Gasteiger partial charge in [0.25, 0.3) is 0 Å². The third kappa shape index (κ3) is 23.7. The van der Waals surface area contributed by atoms with Crippen molar-refractivity contribution in [3.8, 4) is 0 Å². The molecule has 2 nitrogen and oxygen atoms in total. The summed E-state index contributed by atoms with van der Waals surface area (Å²) in [7, 11) is 0. The molecule has 120 valence electrons. The van der Waals surface area contributed by atoms with E-state index >= 15 is 0 Å². The molecule has 0 saturated heterocycles. The lowest BCUT2D eigenvalue weighted by Crippen LogP contribution is -1.83. The van der Waals surface area contributed by atoms with Gasteiger partial charge in [0.05, 0.1) is 0 Å². The van der Waals surface area contributed by atoms with Crippen LogP contribution in [-0.2, 0) is 0 Å². The van der Waals surface area contributed by atoms with Gasteiger partial charge in [0, 0.05) is 5.88 Å². The van der Waals surface area contributed by atoms with E-state index in [9.17, 15) is 0 Å². The zero-order valence-corrected chi connectivity index (χ0v) is 13.9. The van der Waals surface area contributed by atoms with Crippen LogP contribution < -0.4 is 6.15 Å². The van der Waals surface area contributed by atoms with Crippen molar-refractivity contribution in [2.24, 2.45) is 0 Å². The average Bonchev–Trinajstić information content (AvgIpc) is 2.35. The van der Waals surface area contributed by atoms with Gasteiger partial charge in [-0.05, 0) is 6.42 Å². The third-order valence-electron chi connectivity index (χ3n) is 3.49. The summed E-state index contributed by atoms with van der Waals surface area (Å²) in [5, 5.41) is 0. The van der Waals surface area contributed by atoms with Crippen molar-refractivity contribution >= 4 is 11.6 Å². The molecule has 0 fully saturated rings. The Hall–Kier alpha value is 0.210. The van der Waals surface area contributed by atoms with E-state index in [0.29, 0.717) is 0 Å². The minimum atomic E-state index is 0. The molecule has 0 aliphatic carbocycles. The Bertz CT molecular complexity index is 120. The van der Waals surface area contributed by atoms with E-state index in [1.54, 1.807) is 0 Å². The largest absolute Gasteiger partial charge is 0.412 e. The summed E-state index contributed by atoms with van der Waals surface area (Å²) >= 11 is 5.64. The van der Waals surface area contributed by atoms with Crippen molar-refractivity contribution in [1.82, 2.24) is 6.15 Å². The summed E-state index contributed by atoms with van der Waals surface area (Å²) in [6.07, 6.45) is 19.8. The fraction of sp³-hybridized carbons (Fsp3) is 1.00. The van der Waals surface area contributed by atoms with E-state index in [1.807, 2.05) is 0 Å². The summed E-state index contributed by atoms with van der Waals surface area (Å²) < 4.78 is 0. The Balaban J connectivity index is -0.00000128. The number of unbranched alkanes of at least 4 members (excludes halogenated alkanes) is 13. The number of hydrogen-bond acceptors (Lipinski definition) is 1. The molecular weight excluding hydrogens is 258 g/mol. The molecule has 0 radical (unpaired) electrons. The van der Waals surface area contributed by atoms with Crippen molar-refractivity contribution in [3.05, 3.63) is 0 Å². The quantitative estimate of drug-likeness (QED) is 0.308. The molecule has 0 heterocycles. The average molecular weight is 296 g/mol. The van der Waals surface area contributed by atoms with Crippen LogP contribution in [0.5, 0.6) is 0 Å². The first-order valence-electron chi connectivity index (χ1n) is 7.97. The van der Waals surface area contributed by atoms with Crippen molar-refractivity contribution in [3.63, 3.8) is 0 Å². The highest BCUT2D eigenvalue weighted by atomic mass is 35.5. The molecule has 0 atom stereocenters. The molecule has 0 rings (SSSR count). The summed E-state index contributed by atoms with van der Waals surface area (Å²) in [5.74, 6) is 0.845. The summed E-state index contributed by atoms with van der Waals surface area (Å²) in [6, 6.07) is 0. The van der Waals surface area contributed by atoms with E-state index in [0.717, 1.165) is 5.88 Å². The summed E-state index contributed by atoms with van der Waals surface area (Å²) in [6.45, 7) is 2.28. The second kappa shape index (κ2) is 23.3. The lowest BCUT2D eigenvalue weighted by atomic mass is 10.0. The van der Waals surface area contributed by atoms with Gasteiger partial charge in [0.15, 0.2) is 0 Å². The van der Waals surface area contributed by atoms with E-state index in [2.05, 4.69) is 6.92 Å². The normalized spacial score (nSPS) is 9.79. The Kier molecular flexibility index (Phi) is 29.7. The molecule has 5 N–H and O–H groups in total. The van der Waals surface area contributed by atoms with Gasteiger partial charge >= 0.3 is 0 Å². The molecular formula is C16H38ClNO. The predicted octanol–water partition coefficient (Wildman–Crippen LogP) is 6.04. The molecule has 0 aromatic carbocycles. The van der Waals surface area contributed by atoms with Crippen molar-refractivity contribution < 1.29 is 5.48 Å². The third-order valence-corrected chi connectivity index (χ3v) is 3.75. The lowest BCUT2D eigenvalue weighted by Gasteiger charge is -2.02. The van der Waals surface area contributed by atoms with Crippen LogP contribution in [0, 0.1) is 0 Å². The number of alkyl halides is 1. The second-order valence-electron chi connectivity index (χ2n) is 5.29. The first-order chi connectivity index (χ1) is 8.41. The van der Waals surface area contributed by atoms with E-state index in [1.165, 1.54) is 89.9 Å². The molecule has 0 aliphatic heterocycles. The summed E-state index contributed by atoms with van der Waals surface area (Å²) in [4.78, 5) is 0. The molecule has 0 aromatic rings. The van der Waals surface area contributed by atoms with Gasteiger partial charge in [0.2, 0.25) is 0 Å². The van der Waals surface area contributed by atoms with Crippen LogP contribution in [0.2, 0.25) is 0 Å². The van der Waals surface area contributed by atoms with E-state index in [-0.39, 0.29) is 11.6 Å². The highest BCUT2D eigenvalue weighted by Crippen LogP contribution is 2.12. The Morgan fingerprint density at radius 1 is 0.526 bits per heavy atom. The molecule has 0 amide bonds. The number of rotatable bonds is 14. The maximum absolute atomic E-state index is 5.64. The molecule has 0 aromatic heterocycles. The van der Waals surface area contributed by atoms with Crippen LogP contribution in [-0.4, -0.2) is 11.4 Å². The first kappa shape index (κ1) is 24.2. The molecule has 0 saturated carbocycles. The predicted molar refractivity (Wildman–Crippen MR) is 89.7 cm³/mol. The molecule has 0 spiro atoms. The van der Waals surface area contributed by atoms with Crippen LogP contribution in [0.25, 0.3) is 0 Å². The topological polar surface area (TPSA) is 66.5 Å². The first-order valence-corrected chi connectivity index (χ1v) is 8.51. The van der Waals surface area contributed by atoms with Gasteiger partial charge in [-0.15, -0.1) is 11.6 Å².